The van der Waals surface area contributed by atoms with Crippen molar-refractivity contribution in [3.05, 3.63) is 29.3 Å². The Hall–Kier alpha value is -0.630. The Kier molecular flexibility index (Phi) is 1.67. The molecular formula is C6H6ClFN+. The molecule has 0 aromatic carbocycles. The maximum absolute atomic E-state index is 12.4. The molecule has 0 saturated heterocycles. The maximum Gasteiger partial charge on any atom is 0.206 e. The quantitative estimate of drug-likeness (QED) is 0.486. The Bertz CT molecular complexity index is 224. The van der Waals surface area contributed by atoms with Crippen LogP contribution in [0, 0.1) is 5.82 Å². The van der Waals surface area contributed by atoms with Crippen molar-refractivity contribution in [2.24, 2.45) is 7.05 Å². The predicted octanol–water partition coefficient (Wildman–Crippen LogP) is 1.30. The molecule has 0 saturated carbocycles. The zero-order valence-corrected chi connectivity index (χ0v) is 5.69. The number of rotatable bonds is 0. The molecule has 9 heavy (non-hydrogen) atoms. The SMILES string of the molecule is C[n+]1ccc(Cl)c(F)c1. The number of hydrogen-bond acceptors (Lipinski definition) is 0. The summed E-state index contributed by atoms with van der Waals surface area (Å²) in [6, 6.07) is 1.51. The molecule has 1 nitrogen and oxygen atoms in total. The van der Waals surface area contributed by atoms with Gasteiger partial charge in [-0.15, -0.1) is 0 Å². The molecule has 3 heteroatoms. The van der Waals surface area contributed by atoms with E-state index < -0.39 is 0 Å². The lowest BCUT2D eigenvalue weighted by molar-refractivity contribution is -0.673. The van der Waals surface area contributed by atoms with Gasteiger partial charge < -0.3 is 0 Å². The van der Waals surface area contributed by atoms with Crippen LogP contribution in [0.1, 0.15) is 0 Å². The Labute approximate surface area is 57.7 Å². The molecule has 0 unspecified atom stereocenters. The monoisotopic (exact) mass is 146 g/mol. The molecule has 1 heterocycles. The van der Waals surface area contributed by atoms with Crippen molar-refractivity contribution < 1.29 is 8.96 Å². The molecule has 0 aliphatic carbocycles. The second kappa shape index (κ2) is 2.31. The molecule has 0 bridgehead atoms. The van der Waals surface area contributed by atoms with Crippen LogP contribution in [0.4, 0.5) is 4.39 Å². The number of halogens is 2. The minimum atomic E-state index is -0.387. The van der Waals surface area contributed by atoms with Gasteiger partial charge in [0.05, 0.1) is 5.02 Å². The van der Waals surface area contributed by atoms with E-state index in [1.54, 1.807) is 17.8 Å². The molecule has 0 fully saturated rings. The van der Waals surface area contributed by atoms with Crippen molar-refractivity contribution in [2.45, 2.75) is 0 Å². The lowest BCUT2D eigenvalue weighted by Crippen LogP contribution is -2.26. The Balaban J connectivity index is 3.17. The highest BCUT2D eigenvalue weighted by Gasteiger charge is 2.01. The highest BCUT2D eigenvalue weighted by molar-refractivity contribution is 6.30. The summed E-state index contributed by atoms with van der Waals surface area (Å²) in [6.45, 7) is 0. The number of pyridine rings is 1. The molecule has 0 amide bonds. The lowest BCUT2D eigenvalue weighted by Gasteiger charge is -1.88. The number of aromatic nitrogens is 1. The summed E-state index contributed by atoms with van der Waals surface area (Å²) in [5.74, 6) is -0.387. The fourth-order valence-corrected chi connectivity index (χ4v) is 0.651. The molecule has 0 atom stereocenters. The summed E-state index contributed by atoms with van der Waals surface area (Å²) < 4.78 is 14.0. The van der Waals surface area contributed by atoms with Crippen LogP contribution in [0.15, 0.2) is 18.5 Å². The lowest BCUT2D eigenvalue weighted by atomic mass is 10.5. The van der Waals surface area contributed by atoms with E-state index in [9.17, 15) is 4.39 Å². The van der Waals surface area contributed by atoms with E-state index in [2.05, 4.69) is 0 Å². The molecule has 48 valence electrons. The summed E-state index contributed by atoms with van der Waals surface area (Å²) in [4.78, 5) is 0. The third-order valence-corrected chi connectivity index (χ3v) is 1.31. The molecule has 0 aliphatic rings. The summed E-state index contributed by atoms with van der Waals surface area (Å²) in [7, 11) is 1.74. The van der Waals surface area contributed by atoms with E-state index in [1.165, 1.54) is 12.3 Å². The van der Waals surface area contributed by atoms with Crippen LogP contribution in [0.25, 0.3) is 0 Å². The first kappa shape index (κ1) is 6.49. The van der Waals surface area contributed by atoms with Gasteiger partial charge in [0.1, 0.15) is 7.05 Å². The van der Waals surface area contributed by atoms with E-state index in [0.29, 0.717) is 0 Å². The average Bonchev–Trinajstić information content (AvgIpc) is 1.80. The van der Waals surface area contributed by atoms with Crippen molar-refractivity contribution in [1.82, 2.24) is 0 Å². The molecule has 0 spiro atoms. The van der Waals surface area contributed by atoms with Gasteiger partial charge >= 0.3 is 0 Å². The van der Waals surface area contributed by atoms with E-state index in [1.807, 2.05) is 0 Å². The largest absolute Gasteiger partial charge is 0.206 e. The van der Waals surface area contributed by atoms with Gasteiger partial charge in [-0.1, -0.05) is 11.6 Å². The van der Waals surface area contributed by atoms with Crippen LogP contribution in [0.5, 0.6) is 0 Å². The second-order valence-corrected chi connectivity index (χ2v) is 2.21. The van der Waals surface area contributed by atoms with Gasteiger partial charge in [-0.2, -0.15) is 4.39 Å². The minimum absolute atomic E-state index is 0.160. The van der Waals surface area contributed by atoms with E-state index in [-0.39, 0.29) is 10.8 Å². The van der Waals surface area contributed by atoms with Crippen LogP contribution < -0.4 is 4.57 Å². The van der Waals surface area contributed by atoms with Gasteiger partial charge in [-0.25, -0.2) is 4.57 Å². The second-order valence-electron chi connectivity index (χ2n) is 1.81. The first-order valence-corrected chi connectivity index (χ1v) is 2.88. The number of hydrogen-bond donors (Lipinski definition) is 0. The van der Waals surface area contributed by atoms with Crippen LogP contribution in [0.2, 0.25) is 5.02 Å². The highest BCUT2D eigenvalue weighted by atomic mass is 35.5. The van der Waals surface area contributed by atoms with Gasteiger partial charge in [0.2, 0.25) is 12.0 Å². The zero-order chi connectivity index (χ0) is 6.85. The Morgan fingerprint density at radius 2 is 2.33 bits per heavy atom. The topological polar surface area (TPSA) is 3.88 Å². The number of aryl methyl sites for hydroxylation is 1. The summed E-state index contributed by atoms with van der Waals surface area (Å²) >= 11 is 5.39. The normalized spacial score (nSPS) is 9.67. The molecule has 1 rings (SSSR count). The van der Waals surface area contributed by atoms with E-state index >= 15 is 0 Å². The van der Waals surface area contributed by atoms with E-state index in [4.69, 9.17) is 11.6 Å². The molecular weight excluding hydrogens is 141 g/mol. The van der Waals surface area contributed by atoms with Gasteiger partial charge in [0, 0.05) is 6.07 Å². The first-order valence-electron chi connectivity index (χ1n) is 2.50. The average molecular weight is 147 g/mol. The van der Waals surface area contributed by atoms with Crippen molar-refractivity contribution in [3.63, 3.8) is 0 Å². The smallest absolute Gasteiger partial charge is 0.205 e. The van der Waals surface area contributed by atoms with Crippen LogP contribution in [0.3, 0.4) is 0 Å². The van der Waals surface area contributed by atoms with Gasteiger partial charge in [0.25, 0.3) is 0 Å². The van der Waals surface area contributed by atoms with Crippen LogP contribution in [-0.2, 0) is 7.05 Å². The Morgan fingerprint density at radius 3 is 2.78 bits per heavy atom. The summed E-state index contributed by atoms with van der Waals surface area (Å²) in [5, 5.41) is 0.160. The molecule has 0 aliphatic heterocycles. The zero-order valence-electron chi connectivity index (χ0n) is 4.94. The van der Waals surface area contributed by atoms with Crippen LogP contribution >= 0.6 is 11.6 Å². The summed E-state index contributed by atoms with van der Waals surface area (Å²) in [5.41, 5.74) is 0. The van der Waals surface area contributed by atoms with Crippen molar-refractivity contribution in [2.75, 3.05) is 0 Å². The van der Waals surface area contributed by atoms with Crippen molar-refractivity contribution in [1.29, 1.82) is 0 Å². The Morgan fingerprint density at radius 1 is 1.67 bits per heavy atom. The standard InChI is InChI=1S/C6H6ClFN/c1-9-3-2-5(7)6(8)4-9/h2-4H,1H3/q+1. The third kappa shape index (κ3) is 1.39. The van der Waals surface area contributed by atoms with E-state index in [0.717, 1.165) is 0 Å². The highest BCUT2D eigenvalue weighted by Crippen LogP contribution is 2.08. The predicted molar refractivity (Wildman–Crippen MR) is 32.6 cm³/mol. The van der Waals surface area contributed by atoms with Gasteiger partial charge in [0.15, 0.2) is 6.20 Å². The molecule has 0 radical (unpaired) electrons. The molecule has 1 aromatic heterocycles. The summed E-state index contributed by atoms with van der Waals surface area (Å²) in [6.07, 6.45) is 3.01. The minimum Gasteiger partial charge on any atom is -0.205 e. The molecule has 1 aromatic rings. The molecule has 0 N–H and O–H groups in total. The third-order valence-electron chi connectivity index (χ3n) is 1.00. The maximum atomic E-state index is 12.4. The number of nitrogens with zero attached hydrogens (tertiary/aromatic N) is 1. The fourth-order valence-electron chi connectivity index (χ4n) is 0.546. The van der Waals surface area contributed by atoms with Crippen LogP contribution in [-0.4, -0.2) is 0 Å². The van der Waals surface area contributed by atoms with Crippen molar-refractivity contribution in [3.8, 4) is 0 Å². The van der Waals surface area contributed by atoms with Gasteiger partial charge in [-0.05, 0) is 0 Å². The first-order chi connectivity index (χ1) is 4.20. The fraction of sp³-hybridized carbons (Fsp3) is 0.167. The van der Waals surface area contributed by atoms with Crippen molar-refractivity contribution >= 4 is 11.6 Å². The van der Waals surface area contributed by atoms with Gasteiger partial charge in [-0.3, -0.25) is 0 Å².